The molecule has 2 heterocycles. The highest BCUT2D eigenvalue weighted by Crippen LogP contribution is 2.21. The molecule has 0 bridgehead atoms. The maximum absolute atomic E-state index is 11.5. The largest absolute Gasteiger partial charge is 0.310 e. The van der Waals surface area contributed by atoms with Crippen LogP contribution in [0.1, 0.15) is 26.7 Å². The summed E-state index contributed by atoms with van der Waals surface area (Å²) in [5.74, 6) is 0.741. The summed E-state index contributed by atoms with van der Waals surface area (Å²) >= 11 is 0. The first-order chi connectivity index (χ1) is 7.38. The predicted molar refractivity (Wildman–Crippen MR) is 65.3 cm³/mol. The number of nitrogens with zero attached hydrogens (tertiary/aromatic N) is 1. The second-order valence-corrected chi connectivity index (χ2v) is 7.92. The SMILES string of the molecule is CC1(C)CN(C2CCS(=O)(=O)C2)CCCN1. The highest BCUT2D eigenvalue weighted by atomic mass is 32.2. The van der Waals surface area contributed by atoms with Crippen molar-refractivity contribution in [3.05, 3.63) is 0 Å². The van der Waals surface area contributed by atoms with E-state index in [2.05, 4.69) is 24.1 Å². The third-order valence-electron chi connectivity index (χ3n) is 3.55. The van der Waals surface area contributed by atoms with Gasteiger partial charge in [0.05, 0.1) is 11.5 Å². The Bertz CT molecular complexity index is 351. The van der Waals surface area contributed by atoms with Crippen molar-refractivity contribution < 1.29 is 8.42 Å². The lowest BCUT2D eigenvalue weighted by atomic mass is 10.0. The molecule has 16 heavy (non-hydrogen) atoms. The van der Waals surface area contributed by atoms with Crippen LogP contribution in [-0.2, 0) is 9.84 Å². The molecule has 0 aromatic carbocycles. The zero-order valence-corrected chi connectivity index (χ0v) is 11.0. The summed E-state index contributed by atoms with van der Waals surface area (Å²) in [4.78, 5) is 2.37. The third kappa shape index (κ3) is 2.96. The summed E-state index contributed by atoms with van der Waals surface area (Å²) in [5, 5.41) is 3.50. The molecule has 1 unspecified atom stereocenters. The lowest BCUT2D eigenvalue weighted by Crippen LogP contribution is -2.49. The molecule has 5 heteroatoms. The van der Waals surface area contributed by atoms with Gasteiger partial charge in [-0.15, -0.1) is 0 Å². The van der Waals surface area contributed by atoms with Crippen molar-refractivity contribution in [2.24, 2.45) is 0 Å². The van der Waals surface area contributed by atoms with E-state index in [1.165, 1.54) is 0 Å². The van der Waals surface area contributed by atoms with Crippen molar-refractivity contribution in [2.45, 2.75) is 38.3 Å². The van der Waals surface area contributed by atoms with E-state index in [1.54, 1.807) is 0 Å². The molecule has 2 aliphatic rings. The third-order valence-corrected chi connectivity index (χ3v) is 5.30. The van der Waals surface area contributed by atoms with Gasteiger partial charge in [0.25, 0.3) is 0 Å². The van der Waals surface area contributed by atoms with E-state index in [1.807, 2.05) is 0 Å². The number of hydrogen-bond acceptors (Lipinski definition) is 4. The Morgan fingerprint density at radius 1 is 1.38 bits per heavy atom. The Morgan fingerprint density at radius 3 is 2.75 bits per heavy atom. The second kappa shape index (κ2) is 4.27. The molecule has 2 fully saturated rings. The quantitative estimate of drug-likeness (QED) is 0.720. The van der Waals surface area contributed by atoms with Crippen LogP contribution >= 0.6 is 0 Å². The second-order valence-electron chi connectivity index (χ2n) is 5.69. The molecular weight excluding hydrogens is 224 g/mol. The number of sulfone groups is 1. The van der Waals surface area contributed by atoms with Crippen LogP contribution in [0.5, 0.6) is 0 Å². The minimum Gasteiger partial charge on any atom is -0.310 e. The topological polar surface area (TPSA) is 49.4 Å². The minimum atomic E-state index is -2.76. The molecule has 0 saturated carbocycles. The summed E-state index contributed by atoms with van der Waals surface area (Å²) in [7, 11) is -2.76. The van der Waals surface area contributed by atoms with E-state index >= 15 is 0 Å². The van der Waals surface area contributed by atoms with Crippen LogP contribution in [0.3, 0.4) is 0 Å². The van der Waals surface area contributed by atoms with Gasteiger partial charge >= 0.3 is 0 Å². The van der Waals surface area contributed by atoms with Gasteiger partial charge in [-0.05, 0) is 39.8 Å². The number of nitrogens with one attached hydrogen (secondary N) is 1. The first kappa shape index (κ1) is 12.3. The average Bonchev–Trinajstić information content (AvgIpc) is 2.40. The average molecular weight is 246 g/mol. The summed E-state index contributed by atoms with van der Waals surface area (Å²) in [6, 6.07) is 0.254. The molecule has 0 amide bonds. The normalized spacial score (nSPS) is 34.8. The predicted octanol–water partition coefficient (Wildman–Crippen LogP) is 0.247. The minimum absolute atomic E-state index is 0.100. The summed E-state index contributed by atoms with van der Waals surface area (Å²) in [5.41, 5.74) is 0.100. The van der Waals surface area contributed by atoms with Crippen LogP contribution < -0.4 is 5.32 Å². The zero-order chi connectivity index (χ0) is 11.8. The fourth-order valence-electron chi connectivity index (χ4n) is 2.73. The summed E-state index contributed by atoms with van der Waals surface area (Å²) in [6.45, 7) is 7.39. The molecule has 2 rings (SSSR count). The molecular formula is C11H22N2O2S. The maximum Gasteiger partial charge on any atom is 0.151 e. The van der Waals surface area contributed by atoms with Crippen LogP contribution in [0, 0.1) is 0 Å². The van der Waals surface area contributed by atoms with Gasteiger partial charge < -0.3 is 5.32 Å². The Hall–Kier alpha value is -0.130. The van der Waals surface area contributed by atoms with E-state index in [0.29, 0.717) is 11.5 Å². The Labute approximate surface area is 98.3 Å². The fraction of sp³-hybridized carbons (Fsp3) is 1.00. The van der Waals surface area contributed by atoms with Crippen LogP contribution in [0.15, 0.2) is 0 Å². The van der Waals surface area contributed by atoms with Crippen LogP contribution in [0.25, 0.3) is 0 Å². The molecule has 0 aromatic rings. The van der Waals surface area contributed by atoms with E-state index in [4.69, 9.17) is 0 Å². The highest BCUT2D eigenvalue weighted by Gasteiger charge is 2.35. The van der Waals surface area contributed by atoms with Crippen molar-refractivity contribution in [2.75, 3.05) is 31.1 Å². The van der Waals surface area contributed by atoms with Gasteiger partial charge in [0.1, 0.15) is 0 Å². The van der Waals surface area contributed by atoms with Gasteiger partial charge in [-0.1, -0.05) is 0 Å². The van der Waals surface area contributed by atoms with E-state index in [-0.39, 0.29) is 11.6 Å². The van der Waals surface area contributed by atoms with Crippen molar-refractivity contribution in [3.63, 3.8) is 0 Å². The van der Waals surface area contributed by atoms with Crippen molar-refractivity contribution in [3.8, 4) is 0 Å². The first-order valence-electron chi connectivity index (χ1n) is 6.07. The van der Waals surface area contributed by atoms with Crippen molar-refractivity contribution >= 4 is 9.84 Å². The van der Waals surface area contributed by atoms with Crippen LogP contribution in [-0.4, -0.2) is 56.0 Å². The van der Waals surface area contributed by atoms with Crippen LogP contribution in [0.4, 0.5) is 0 Å². The van der Waals surface area contributed by atoms with Crippen molar-refractivity contribution in [1.82, 2.24) is 10.2 Å². The summed E-state index contributed by atoms with van der Waals surface area (Å²) in [6.07, 6.45) is 1.93. The van der Waals surface area contributed by atoms with Gasteiger partial charge in [0.2, 0.25) is 0 Å². The van der Waals surface area contributed by atoms with Gasteiger partial charge in [-0.3, -0.25) is 4.90 Å². The van der Waals surface area contributed by atoms with E-state index in [0.717, 1.165) is 32.5 Å². The summed E-state index contributed by atoms with van der Waals surface area (Å²) < 4.78 is 23.0. The zero-order valence-electron chi connectivity index (χ0n) is 10.2. The lowest BCUT2D eigenvalue weighted by molar-refractivity contribution is 0.182. The molecule has 94 valence electrons. The molecule has 0 spiro atoms. The van der Waals surface area contributed by atoms with E-state index < -0.39 is 9.84 Å². The molecule has 2 aliphatic heterocycles. The fourth-order valence-corrected chi connectivity index (χ4v) is 4.49. The van der Waals surface area contributed by atoms with E-state index in [9.17, 15) is 8.42 Å². The number of hydrogen-bond donors (Lipinski definition) is 1. The van der Waals surface area contributed by atoms with Gasteiger partial charge in [-0.25, -0.2) is 8.42 Å². The molecule has 0 radical (unpaired) electrons. The number of rotatable bonds is 1. The van der Waals surface area contributed by atoms with Crippen molar-refractivity contribution in [1.29, 1.82) is 0 Å². The molecule has 4 nitrogen and oxygen atoms in total. The van der Waals surface area contributed by atoms with Crippen LogP contribution in [0.2, 0.25) is 0 Å². The maximum atomic E-state index is 11.5. The Balaban J connectivity index is 2.04. The lowest BCUT2D eigenvalue weighted by Gasteiger charge is -2.33. The standard InChI is InChI=1S/C11H22N2O2S/c1-11(2)9-13(6-3-5-12-11)10-4-7-16(14,15)8-10/h10,12H,3-9H2,1-2H3. The first-order valence-corrected chi connectivity index (χ1v) is 7.90. The highest BCUT2D eigenvalue weighted by molar-refractivity contribution is 7.91. The van der Waals surface area contributed by atoms with Gasteiger partial charge in [0, 0.05) is 18.1 Å². The van der Waals surface area contributed by atoms with Gasteiger partial charge in [-0.2, -0.15) is 0 Å². The smallest absolute Gasteiger partial charge is 0.151 e. The molecule has 1 N–H and O–H groups in total. The Kier molecular flexibility index (Phi) is 3.29. The monoisotopic (exact) mass is 246 g/mol. The molecule has 1 atom stereocenters. The molecule has 2 saturated heterocycles. The van der Waals surface area contributed by atoms with Gasteiger partial charge in [0.15, 0.2) is 9.84 Å². The molecule has 0 aliphatic carbocycles. The molecule has 0 aromatic heterocycles. The Morgan fingerprint density at radius 2 is 2.12 bits per heavy atom.